The van der Waals surface area contributed by atoms with E-state index in [-0.39, 0.29) is 0 Å². The first kappa shape index (κ1) is 6.68. The van der Waals surface area contributed by atoms with Gasteiger partial charge < -0.3 is 10.3 Å². The van der Waals surface area contributed by atoms with Crippen LogP contribution >= 0.6 is 0 Å². The van der Waals surface area contributed by atoms with Gasteiger partial charge in [0.15, 0.2) is 0 Å². The van der Waals surface area contributed by atoms with Crippen molar-refractivity contribution in [3.63, 3.8) is 0 Å². The van der Waals surface area contributed by atoms with Gasteiger partial charge in [0.05, 0.1) is 0 Å². The van der Waals surface area contributed by atoms with Crippen LogP contribution in [0.3, 0.4) is 0 Å². The van der Waals surface area contributed by atoms with Crippen molar-refractivity contribution >= 4 is 5.57 Å². The third-order valence-electron chi connectivity index (χ3n) is 1.97. The number of H-pyrrole nitrogens is 1. The SMILES string of the molecule is C1=C(c2ccc[nH]2)CNCC1. The lowest BCUT2D eigenvalue weighted by molar-refractivity contribution is 0.737. The van der Waals surface area contributed by atoms with Crippen molar-refractivity contribution in [2.45, 2.75) is 6.42 Å². The van der Waals surface area contributed by atoms with E-state index in [0.717, 1.165) is 19.5 Å². The molecule has 2 heterocycles. The predicted molar refractivity (Wildman–Crippen MR) is 46.3 cm³/mol. The van der Waals surface area contributed by atoms with Crippen LogP contribution in [0.4, 0.5) is 0 Å². The molecule has 2 N–H and O–H groups in total. The first-order chi connectivity index (χ1) is 5.47. The van der Waals surface area contributed by atoms with Gasteiger partial charge in [0.1, 0.15) is 0 Å². The van der Waals surface area contributed by atoms with Gasteiger partial charge in [-0.15, -0.1) is 0 Å². The van der Waals surface area contributed by atoms with Gasteiger partial charge in [0.25, 0.3) is 0 Å². The Kier molecular flexibility index (Phi) is 1.78. The Morgan fingerprint density at radius 3 is 3.00 bits per heavy atom. The van der Waals surface area contributed by atoms with Crippen molar-refractivity contribution in [1.82, 2.24) is 10.3 Å². The summed E-state index contributed by atoms with van der Waals surface area (Å²) in [5, 5.41) is 3.33. The third-order valence-corrected chi connectivity index (χ3v) is 1.97. The second-order valence-corrected chi connectivity index (χ2v) is 2.78. The molecule has 1 aromatic rings. The van der Waals surface area contributed by atoms with Gasteiger partial charge in [-0.3, -0.25) is 0 Å². The smallest absolute Gasteiger partial charge is 0.0422 e. The van der Waals surface area contributed by atoms with Crippen LogP contribution in [0, 0.1) is 0 Å². The molecule has 2 heteroatoms. The highest BCUT2D eigenvalue weighted by Crippen LogP contribution is 2.13. The maximum Gasteiger partial charge on any atom is 0.0422 e. The summed E-state index contributed by atoms with van der Waals surface area (Å²) in [6.45, 7) is 2.12. The quantitative estimate of drug-likeness (QED) is 0.619. The molecule has 1 aliphatic rings. The molecule has 0 saturated heterocycles. The fourth-order valence-corrected chi connectivity index (χ4v) is 1.38. The number of hydrogen-bond acceptors (Lipinski definition) is 1. The van der Waals surface area contributed by atoms with Crippen LogP contribution in [0.5, 0.6) is 0 Å². The molecule has 0 saturated carbocycles. The van der Waals surface area contributed by atoms with Gasteiger partial charge in [-0.1, -0.05) is 6.08 Å². The van der Waals surface area contributed by atoms with Crippen molar-refractivity contribution in [1.29, 1.82) is 0 Å². The lowest BCUT2D eigenvalue weighted by Crippen LogP contribution is -2.21. The Bertz CT molecular complexity index is 247. The molecule has 0 spiro atoms. The van der Waals surface area contributed by atoms with Crippen LogP contribution in [0.25, 0.3) is 5.57 Å². The van der Waals surface area contributed by atoms with E-state index in [0.29, 0.717) is 0 Å². The standard InChI is InChI=1S/C9H12N2/c1-3-8(7-10-5-1)9-4-2-6-11-9/h2-4,6,10-11H,1,5,7H2. The van der Waals surface area contributed by atoms with Crippen molar-refractivity contribution in [2.24, 2.45) is 0 Å². The maximum atomic E-state index is 3.33. The Morgan fingerprint density at radius 2 is 2.36 bits per heavy atom. The zero-order chi connectivity index (χ0) is 7.52. The summed E-state index contributed by atoms with van der Waals surface area (Å²) in [6, 6.07) is 4.14. The molecule has 0 amide bonds. The first-order valence-electron chi connectivity index (χ1n) is 4.00. The molecule has 0 radical (unpaired) electrons. The summed E-state index contributed by atoms with van der Waals surface area (Å²) in [5.74, 6) is 0. The summed E-state index contributed by atoms with van der Waals surface area (Å²) in [6.07, 6.45) is 5.40. The van der Waals surface area contributed by atoms with Crippen molar-refractivity contribution in [3.05, 3.63) is 30.1 Å². The molecule has 1 aliphatic heterocycles. The molecule has 2 nitrogen and oxygen atoms in total. The zero-order valence-electron chi connectivity index (χ0n) is 6.43. The summed E-state index contributed by atoms with van der Waals surface area (Å²) < 4.78 is 0. The number of rotatable bonds is 1. The minimum absolute atomic E-state index is 1.00. The van der Waals surface area contributed by atoms with Crippen LogP contribution < -0.4 is 5.32 Å². The molecule has 2 rings (SSSR count). The van der Waals surface area contributed by atoms with E-state index in [1.54, 1.807) is 0 Å². The highest BCUT2D eigenvalue weighted by atomic mass is 14.9. The minimum atomic E-state index is 1.00. The third kappa shape index (κ3) is 1.35. The minimum Gasteiger partial charge on any atom is -0.361 e. The summed E-state index contributed by atoms with van der Waals surface area (Å²) in [4.78, 5) is 3.20. The summed E-state index contributed by atoms with van der Waals surface area (Å²) >= 11 is 0. The Hall–Kier alpha value is -1.02. The molecule has 0 aromatic carbocycles. The van der Waals surface area contributed by atoms with E-state index < -0.39 is 0 Å². The number of aromatic nitrogens is 1. The summed E-state index contributed by atoms with van der Waals surface area (Å²) in [5.41, 5.74) is 2.64. The average molecular weight is 148 g/mol. The topological polar surface area (TPSA) is 27.8 Å². The molecular weight excluding hydrogens is 136 g/mol. The number of nitrogens with one attached hydrogen (secondary N) is 2. The average Bonchev–Trinajstić information content (AvgIpc) is 2.58. The Labute approximate surface area is 66.3 Å². The number of aromatic amines is 1. The van der Waals surface area contributed by atoms with E-state index in [2.05, 4.69) is 22.4 Å². The molecule has 0 aliphatic carbocycles. The van der Waals surface area contributed by atoms with Gasteiger partial charge in [0.2, 0.25) is 0 Å². The van der Waals surface area contributed by atoms with Gasteiger partial charge in [-0.05, 0) is 30.7 Å². The lowest BCUT2D eigenvalue weighted by Gasteiger charge is -2.12. The van der Waals surface area contributed by atoms with Crippen molar-refractivity contribution in [3.8, 4) is 0 Å². The molecule has 11 heavy (non-hydrogen) atoms. The highest BCUT2D eigenvalue weighted by Gasteiger charge is 2.04. The molecule has 0 atom stereocenters. The molecule has 0 bridgehead atoms. The van der Waals surface area contributed by atoms with Crippen LogP contribution in [0.2, 0.25) is 0 Å². The van der Waals surface area contributed by atoms with E-state index in [1.165, 1.54) is 11.3 Å². The Balaban J connectivity index is 2.22. The monoisotopic (exact) mass is 148 g/mol. The second kappa shape index (κ2) is 2.93. The molecule has 0 unspecified atom stereocenters. The molecular formula is C9H12N2. The van der Waals surface area contributed by atoms with Gasteiger partial charge in [-0.2, -0.15) is 0 Å². The van der Waals surface area contributed by atoms with Crippen LogP contribution in [0.1, 0.15) is 12.1 Å². The Morgan fingerprint density at radius 1 is 1.36 bits per heavy atom. The van der Waals surface area contributed by atoms with Crippen LogP contribution in [-0.4, -0.2) is 18.1 Å². The maximum absolute atomic E-state index is 3.33. The molecule has 1 aromatic heterocycles. The van der Waals surface area contributed by atoms with E-state index in [4.69, 9.17) is 0 Å². The van der Waals surface area contributed by atoms with Gasteiger partial charge in [-0.25, -0.2) is 0 Å². The van der Waals surface area contributed by atoms with E-state index >= 15 is 0 Å². The largest absolute Gasteiger partial charge is 0.361 e. The second-order valence-electron chi connectivity index (χ2n) is 2.78. The summed E-state index contributed by atoms with van der Waals surface area (Å²) in [7, 11) is 0. The predicted octanol–water partition coefficient (Wildman–Crippen LogP) is 1.39. The lowest BCUT2D eigenvalue weighted by atomic mass is 10.1. The van der Waals surface area contributed by atoms with Gasteiger partial charge >= 0.3 is 0 Å². The van der Waals surface area contributed by atoms with E-state index in [9.17, 15) is 0 Å². The first-order valence-corrected chi connectivity index (χ1v) is 4.00. The normalized spacial score (nSPS) is 18.0. The zero-order valence-corrected chi connectivity index (χ0v) is 6.43. The fraction of sp³-hybridized carbons (Fsp3) is 0.333. The highest BCUT2D eigenvalue weighted by molar-refractivity contribution is 5.64. The molecule has 58 valence electrons. The van der Waals surface area contributed by atoms with E-state index in [1.807, 2.05) is 12.3 Å². The number of hydrogen-bond donors (Lipinski definition) is 2. The van der Waals surface area contributed by atoms with Crippen molar-refractivity contribution < 1.29 is 0 Å². The van der Waals surface area contributed by atoms with Crippen LogP contribution in [0.15, 0.2) is 24.4 Å². The van der Waals surface area contributed by atoms with Crippen LogP contribution in [-0.2, 0) is 0 Å². The van der Waals surface area contributed by atoms with Gasteiger partial charge in [0, 0.05) is 18.4 Å². The fourth-order valence-electron chi connectivity index (χ4n) is 1.38. The van der Waals surface area contributed by atoms with Crippen molar-refractivity contribution in [2.75, 3.05) is 13.1 Å². The molecule has 0 fully saturated rings.